The van der Waals surface area contributed by atoms with Crippen molar-refractivity contribution in [3.05, 3.63) is 51.1 Å². The number of hydrogen-bond donors (Lipinski definition) is 1. The molecule has 2 rings (SSSR count). The lowest BCUT2D eigenvalue weighted by Crippen LogP contribution is -2.18. The van der Waals surface area contributed by atoms with Crippen LogP contribution in [0.5, 0.6) is 0 Å². The predicted octanol–water partition coefficient (Wildman–Crippen LogP) is 4.50. The molecule has 0 saturated heterocycles. The monoisotopic (exact) mass is 342 g/mol. The van der Waals surface area contributed by atoms with Gasteiger partial charge < -0.3 is 9.73 Å². The van der Waals surface area contributed by atoms with Gasteiger partial charge in [0.15, 0.2) is 0 Å². The van der Waals surface area contributed by atoms with Gasteiger partial charge in [-0.15, -0.1) is 0 Å². The second kappa shape index (κ2) is 6.55. The molecule has 3 nitrogen and oxygen atoms in total. The third kappa shape index (κ3) is 3.81. The Morgan fingerprint density at radius 3 is 2.89 bits per heavy atom. The smallest absolute Gasteiger partial charge is 0.208 e. The van der Waals surface area contributed by atoms with Gasteiger partial charge in [-0.25, -0.2) is 4.98 Å². The summed E-state index contributed by atoms with van der Waals surface area (Å²) < 4.78 is 6.53. The second-order valence-corrected chi connectivity index (χ2v) is 5.67. The summed E-state index contributed by atoms with van der Waals surface area (Å²) in [6, 6.07) is 6.03. The average molecular weight is 344 g/mol. The van der Waals surface area contributed by atoms with Crippen LogP contribution in [0.4, 0.5) is 0 Å². The Morgan fingerprint density at radius 2 is 2.26 bits per heavy atom. The van der Waals surface area contributed by atoms with E-state index in [0.29, 0.717) is 12.4 Å². The van der Waals surface area contributed by atoms with E-state index in [1.807, 2.05) is 25.1 Å². The summed E-state index contributed by atoms with van der Waals surface area (Å²) in [4.78, 5) is 4.22. The van der Waals surface area contributed by atoms with E-state index >= 15 is 0 Å². The van der Waals surface area contributed by atoms with E-state index < -0.39 is 0 Å². The van der Waals surface area contributed by atoms with E-state index in [1.165, 1.54) is 0 Å². The van der Waals surface area contributed by atoms with Gasteiger partial charge in [-0.1, -0.05) is 40.5 Å². The number of nitrogens with zero attached hydrogens (tertiary/aromatic N) is 1. The van der Waals surface area contributed by atoms with E-state index in [4.69, 9.17) is 16.0 Å². The van der Waals surface area contributed by atoms with Crippen LogP contribution >= 0.6 is 27.5 Å². The van der Waals surface area contributed by atoms with Crippen LogP contribution in [0.1, 0.15) is 37.1 Å². The lowest BCUT2D eigenvalue weighted by atomic mass is 10.1. The molecule has 0 aliphatic carbocycles. The molecule has 1 heterocycles. The fraction of sp³-hybridized carbons (Fsp3) is 0.357. The lowest BCUT2D eigenvalue weighted by molar-refractivity contribution is 0.424. The van der Waals surface area contributed by atoms with Crippen LogP contribution in [0.15, 0.2) is 33.3 Å². The molecular formula is C14H16BrClN2O. The Labute approximate surface area is 126 Å². The standard InChI is InChI=1S/C14H16BrClN2O/c1-3-11-7-18-14(19-11)8-17-9(2)12-5-4-10(15)6-13(12)16/h4-7,9,17H,3,8H2,1-2H3. The van der Waals surface area contributed by atoms with Crippen molar-refractivity contribution in [1.29, 1.82) is 0 Å². The molecule has 0 aliphatic heterocycles. The van der Waals surface area contributed by atoms with Crippen LogP contribution in [0, 0.1) is 0 Å². The average Bonchev–Trinajstić information content (AvgIpc) is 2.84. The van der Waals surface area contributed by atoms with Crippen molar-refractivity contribution in [3.8, 4) is 0 Å². The summed E-state index contributed by atoms with van der Waals surface area (Å²) in [5, 5.41) is 4.10. The molecule has 0 bridgehead atoms. The highest BCUT2D eigenvalue weighted by atomic mass is 79.9. The third-order valence-electron chi connectivity index (χ3n) is 2.94. The summed E-state index contributed by atoms with van der Waals surface area (Å²) >= 11 is 9.63. The Bertz CT molecular complexity index is 556. The van der Waals surface area contributed by atoms with Crippen molar-refractivity contribution < 1.29 is 4.42 Å². The van der Waals surface area contributed by atoms with Crippen LogP contribution < -0.4 is 5.32 Å². The minimum Gasteiger partial charge on any atom is -0.444 e. The number of hydrogen-bond acceptors (Lipinski definition) is 3. The van der Waals surface area contributed by atoms with Crippen molar-refractivity contribution >= 4 is 27.5 Å². The van der Waals surface area contributed by atoms with Crippen LogP contribution in [-0.2, 0) is 13.0 Å². The molecule has 1 aromatic heterocycles. The van der Waals surface area contributed by atoms with E-state index in [0.717, 1.165) is 27.2 Å². The number of nitrogens with one attached hydrogen (secondary N) is 1. The summed E-state index contributed by atoms with van der Waals surface area (Å²) in [7, 11) is 0. The van der Waals surface area contributed by atoms with Gasteiger partial charge in [0.05, 0.1) is 12.7 Å². The van der Waals surface area contributed by atoms with Gasteiger partial charge in [-0.3, -0.25) is 0 Å². The zero-order chi connectivity index (χ0) is 13.8. The predicted molar refractivity (Wildman–Crippen MR) is 80.3 cm³/mol. The molecule has 0 fully saturated rings. The summed E-state index contributed by atoms with van der Waals surface area (Å²) in [5.74, 6) is 1.61. The maximum atomic E-state index is 6.22. The highest BCUT2D eigenvalue weighted by Gasteiger charge is 2.11. The molecule has 1 unspecified atom stereocenters. The van der Waals surface area contributed by atoms with Gasteiger partial charge in [0.1, 0.15) is 5.76 Å². The highest BCUT2D eigenvalue weighted by molar-refractivity contribution is 9.10. The minimum atomic E-state index is 0.137. The molecule has 2 aromatic rings. The first kappa shape index (κ1) is 14.6. The molecule has 102 valence electrons. The molecule has 5 heteroatoms. The summed E-state index contributed by atoms with van der Waals surface area (Å²) in [6.45, 7) is 4.70. The highest BCUT2D eigenvalue weighted by Crippen LogP contribution is 2.26. The fourth-order valence-electron chi connectivity index (χ4n) is 1.80. The van der Waals surface area contributed by atoms with Crippen molar-refractivity contribution in [2.75, 3.05) is 0 Å². The minimum absolute atomic E-state index is 0.137. The number of aryl methyl sites for hydroxylation is 1. The summed E-state index contributed by atoms with van der Waals surface area (Å²) in [6.07, 6.45) is 2.63. The Hall–Kier alpha value is -0.840. The normalized spacial score (nSPS) is 12.6. The molecular weight excluding hydrogens is 328 g/mol. The quantitative estimate of drug-likeness (QED) is 0.868. The number of oxazole rings is 1. The van der Waals surface area contributed by atoms with Gasteiger partial charge >= 0.3 is 0 Å². The van der Waals surface area contributed by atoms with Gasteiger partial charge in [0.25, 0.3) is 0 Å². The molecule has 0 spiro atoms. The lowest BCUT2D eigenvalue weighted by Gasteiger charge is -2.14. The molecule has 0 amide bonds. The first-order valence-electron chi connectivity index (χ1n) is 6.22. The number of aromatic nitrogens is 1. The maximum Gasteiger partial charge on any atom is 0.208 e. The molecule has 1 N–H and O–H groups in total. The van der Waals surface area contributed by atoms with Crippen LogP contribution in [0.2, 0.25) is 5.02 Å². The number of halogens is 2. The van der Waals surface area contributed by atoms with Crippen LogP contribution in [0.25, 0.3) is 0 Å². The molecule has 1 aromatic carbocycles. The Kier molecular flexibility index (Phi) is 5.02. The van der Waals surface area contributed by atoms with Gasteiger partial charge in [0.2, 0.25) is 5.89 Å². The van der Waals surface area contributed by atoms with Gasteiger partial charge in [0, 0.05) is 22.0 Å². The molecule has 1 atom stereocenters. The molecule has 0 saturated carbocycles. The largest absolute Gasteiger partial charge is 0.444 e. The van der Waals surface area contributed by atoms with Crippen molar-refractivity contribution in [3.63, 3.8) is 0 Å². The SMILES string of the molecule is CCc1cnc(CNC(C)c2ccc(Br)cc2Cl)o1. The first-order chi connectivity index (χ1) is 9.10. The van der Waals surface area contributed by atoms with E-state index in [2.05, 4.69) is 33.2 Å². The third-order valence-corrected chi connectivity index (χ3v) is 3.76. The molecule has 0 aliphatic rings. The van der Waals surface area contributed by atoms with E-state index in [1.54, 1.807) is 6.20 Å². The topological polar surface area (TPSA) is 38.1 Å². The zero-order valence-corrected chi connectivity index (χ0v) is 13.3. The molecule has 19 heavy (non-hydrogen) atoms. The second-order valence-electron chi connectivity index (χ2n) is 4.34. The van der Waals surface area contributed by atoms with Crippen LogP contribution in [0.3, 0.4) is 0 Å². The van der Waals surface area contributed by atoms with Crippen molar-refractivity contribution in [2.24, 2.45) is 0 Å². The van der Waals surface area contributed by atoms with Gasteiger partial charge in [-0.05, 0) is 24.6 Å². The Balaban J connectivity index is 1.98. The van der Waals surface area contributed by atoms with Crippen molar-refractivity contribution in [2.45, 2.75) is 32.9 Å². The van der Waals surface area contributed by atoms with Crippen LogP contribution in [-0.4, -0.2) is 4.98 Å². The zero-order valence-electron chi connectivity index (χ0n) is 10.9. The summed E-state index contributed by atoms with van der Waals surface area (Å²) in [5.41, 5.74) is 1.06. The van der Waals surface area contributed by atoms with Crippen molar-refractivity contribution in [1.82, 2.24) is 10.3 Å². The number of rotatable bonds is 5. The maximum absolute atomic E-state index is 6.22. The fourth-order valence-corrected chi connectivity index (χ4v) is 2.63. The van der Waals surface area contributed by atoms with E-state index in [9.17, 15) is 0 Å². The Morgan fingerprint density at radius 1 is 1.47 bits per heavy atom. The number of benzene rings is 1. The van der Waals surface area contributed by atoms with E-state index in [-0.39, 0.29) is 6.04 Å². The molecule has 0 radical (unpaired) electrons. The first-order valence-corrected chi connectivity index (χ1v) is 7.39. The van der Waals surface area contributed by atoms with Gasteiger partial charge in [-0.2, -0.15) is 0 Å².